The van der Waals surface area contributed by atoms with Gasteiger partial charge in [0.25, 0.3) is 0 Å². The zero-order valence-electron chi connectivity index (χ0n) is 9.90. The third-order valence-electron chi connectivity index (χ3n) is 3.42. The number of halogens is 1. The first-order valence-electron chi connectivity index (χ1n) is 6.11. The molecule has 5 heteroatoms. The summed E-state index contributed by atoms with van der Waals surface area (Å²) in [5, 5.41) is 0. The molecule has 2 N–H and O–H groups in total. The number of anilines is 1. The maximum Gasteiger partial charge on any atom is 0.165 e. The minimum Gasteiger partial charge on any atom is -0.472 e. The smallest absolute Gasteiger partial charge is 0.165 e. The lowest BCUT2D eigenvalue weighted by Crippen LogP contribution is -2.07. The molecule has 2 aromatic rings. The molecule has 94 valence electrons. The molecule has 3 rings (SSSR count). The predicted molar refractivity (Wildman–Crippen MR) is 78.1 cm³/mol. The fourth-order valence-electron chi connectivity index (χ4n) is 2.47. The van der Waals surface area contributed by atoms with Crippen molar-refractivity contribution in [2.24, 2.45) is 0 Å². The van der Waals surface area contributed by atoms with Crippen molar-refractivity contribution in [3.63, 3.8) is 0 Å². The van der Waals surface area contributed by atoms with E-state index in [1.807, 2.05) is 6.07 Å². The SMILES string of the molecule is Nc1nc(-c2ccoc2)nc(C2CCCC2)c1I. The highest BCUT2D eigenvalue weighted by molar-refractivity contribution is 14.1. The molecule has 0 spiro atoms. The second-order valence-corrected chi connectivity index (χ2v) is 5.70. The first-order valence-corrected chi connectivity index (χ1v) is 7.19. The summed E-state index contributed by atoms with van der Waals surface area (Å²) in [7, 11) is 0. The second kappa shape index (κ2) is 4.87. The number of furan rings is 1. The van der Waals surface area contributed by atoms with E-state index in [4.69, 9.17) is 15.1 Å². The molecule has 2 aromatic heterocycles. The lowest BCUT2D eigenvalue weighted by molar-refractivity contribution is 0.568. The highest BCUT2D eigenvalue weighted by Gasteiger charge is 2.23. The first-order chi connectivity index (χ1) is 8.75. The predicted octanol–water partition coefficient (Wildman–Crippen LogP) is 3.58. The minimum atomic E-state index is 0.535. The topological polar surface area (TPSA) is 64.9 Å². The second-order valence-electron chi connectivity index (χ2n) is 4.63. The number of nitrogens with zero attached hydrogens (tertiary/aromatic N) is 2. The van der Waals surface area contributed by atoms with Crippen LogP contribution in [0.5, 0.6) is 0 Å². The van der Waals surface area contributed by atoms with Crippen molar-refractivity contribution in [2.45, 2.75) is 31.6 Å². The molecule has 18 heavy (non-hydrogen) atoms. The van der Waals surface area contributed by atoms with Crippen molar-refractivity contribution in [1.82, 2.24) is 9.97 Å². The Morgan fingerprint density at radius 2 is 2.06 bits per heavy atom. The molecule has 1 aliphatic carbocycles. The van der Waals surface area contributed by atoms with Gasteiger partial charge >= 0.3 is 0 Å². The molecule has 2 heterocycles. The number of hydrogen-bond acceptors (Lipinski definition) is 4. The van der Waals surface area contributed by atoms with E-state index < -0.39 is 0 Å². The van der Waals surface area contributed by atoms with E-state index >= 15 is 0 Å². The summed E-state index contributed by atoms with van der Waals surface area (Å²) in [5.41, 5.74) is 8.00. The molecular weight excluding hydrogens is 341 g/mol. The Labute approximate surface area is 119 Å². The van der Waals surface area contributed by atoms with E-state index in [9.17, 15) is 0 Å². The number of nitrogens with two attached hydrogens (primary N) is 1. The number of nitrogen functional groups attached to an aromatic ring is 1. The van der Waals surface area contributed by atoms with Crippen LogP contribution in [0.1, 0.15) is 37.3 Å². The van der Waals surface area contributed by atoms with Gasteiger partial charge in [-0.25, -0.2) is 9.97 Å². The van der Waals surface area contributed by atoms with Crippen LogP contribution in [-0.4, -0.2) is 9.97 Å². The molecule has 0 aliphatic heterocycles. The maximum atomic E-state index is 6.01. The molecular formula is C13H14IN3O. The van der Waals surface area contributed by atoms with Crippen LogP contribution in [0.4, 0.5) is 5.82 Å². The molecule has 1 fully saturated rings. The van der Waals surface area contributed by atoms with Gasteiger partial charge in [0.2, 0.25) is 0 Å². The molecule has 1 saturated carbocycles. The third-order valence-corrected chi connectivity index (χ3v) is 4.53. The van der Waals surface area contributed by atoms with E-state index in [0.29, 0.717) is 17.6 Å². The lowest BCUT2D eigenvalue weighted by Gasteiger charge is -2.13. The van der Waals surface area contributed by atoms with Crippen molar-refractivity contribution in [1.29, 1.82) is 0 Å². The van der Waals surface area contributed by atoms with Crippen LogP contribution in [-0.2, 0) is 0 Å². The minimum absolute atomic E-state index is 0.535. The Kier molecular flexibility index (Phi) is 3.23. The third kappa shape index (κ3) is 2.11. The molecule has 1 aliphatic rings. The molecule has 4 nitrogen and oxygen atoms in total. The molecule has 0 atom stereocenters. The van der Waals surface area contributed by atoms with E-state index in [1.165, 1.54) is 25.7 Å². The van der Waals surface area contributed by atoms with Crippen molar-refractivity contribution < 1.29 is 4.42 Å². The average Bonchev–Trinajstić information content (AvgIpc) is 3.03. The Hall–Kier alpha value is -1.11. The van der Waals surface area contributed by atoms with Crippen LogP contribution >= 0.6 is 22.6 Å². The molecule has 0 bridgehead atoms. The van der Waals surface area contributed by atoms with E-state index in [2.05, 4.69) is 27.6 Å². The Balaban J connectivity index is 2.07. The van der Waals surface area contributed by atoms with Crippen molar-refractivity contribution in [3.05, 3.63) is 27.9 Å². The molecule has 0 aromatic carbocycles. The van der Waals surface area contributed by atoms with Crippen LogP contribution in [0.15, 0.2) is 23.0 Å². The Bertz CT molecular complexity index is 548. The van der Waals surface area contributed by atoms with Crippen LogP contribution in [0.2, 0.25) is 0 Å². The summed E-state index contributed by atoms with van der Waals surface area (Å²) in [4.78, 5) is 9.05. The summed E-state index contributed by atoms with van der Waals surface area (Å²) >= 11 is 2.26. The Morgan fingerprint density at radius 1 is 1.28 bits per heavy atom. The molecule has 0 unspecified atom stereocenters. The number of hydrogen-bond donors (Lipinski definition) is 1. The van der Waals surface area contributed by atoms with Gasteiger partial charge in [-0.2, -0.15) is 0 Å². The number of rotatable bonds is 2. The van der Waals surface area contributed by atoms with Gasteiger partial charge < -0.3 is 10.2 Å². The van der Waals surface area contributed by atoms with Crippen molar-refractivity contribution >= 4 is 28.4 Å². The monoisotopic (exact) mass is 355 g/mol. The van der Waals surface area contributed by atoms with Crippen molar-refractivity contribution in [3.8, 4) is 11.4 Å². The van der Waals surface area contributed by atoms with Crippen LogP contribution in [0.3, 0.4) is 0 Å². The quantitative estimate of drug-likeness (QED) is 0.837. The maximum absolute atomic E-state index is 6.01. The van der Waals surface area contributed by atoms with Crippen LogP contribution in [0, 0.1) is 3.57 Å². The first kappa shape index (κ1) is 12.0. The lowest BCUT2D eigenvalue weighted by atomic mass is 10.0. The molecule has 0 saturated heterocycles. The summed E-state index contributed by atoms with van der Waals surface area (Å²) < 4.78 is 6.09. The van der Waals surface area contributed by atoms with Gasteiger partial charge in [-0.1, -0.05) is 12.8 Å². The fourth-order valence-corrected chi connectivity index (χ4v) is 3.15. The van der Waals surface area contributed by atoms with E-state index in [0.717, 1.165) is 14.8 Å². The van der Waals surface area contributed by atoms with E-state index in [1.54, 1.807) is 12.5 Å². The van der Waals surface area contributed by atoms with Crippen LogP contribution < -0.4 is 5.73 Å². The fraction of sp³-hybridized carbons (Fsp3) is 0.385. The average molecular weight is 355 g/mol. The van der Waals surface area contributed by atoms with Gasteiger partial charge in [-0.3, -0.25) is 0 Å². The van der Waals surface area contributed by atoms with Crippen LogP contribution in [0.25, 0.3) is 11.4 Å². The summed E-state index contributed by atoms with van der Waals surface area (Å²) in [6.45, 7) is 0. The van der Waals surface area contributed by atoms with Gasteiger partial charge in [-0.05, 0) is 41.5 Å². The Morgan fingerprint density at radius 3 is 2.72 bits per heavy atom. The van der Waals surface area contributed by atoms with Crippen molar-refractivity contribution in [2.75, 3.05) is 5.73 Å². The summed E-state index contributed by atoms with van der Waals surface area (Å²) in [5.74, 6) is 1.78. The van der Waals surface area contributed by atoms with E-state index in [-0.39, 0.29) is 0 Å². The largest absolute Gasteiger partial charge is 0.472 e. The highest BCUT2D eigenvalue weighted by Crippen LogP contribution is 2.37. The van der Waals surface area contributed by atoms with Gasteiger partial charge in [0, 0.05) is 5.92 Å². The van der Waals surface area contributed by atoms with Gasteiger partial charge in [0.1, 0.15) is 12.1 Å². The summed E-state index contributed by atoms with van der Waals surface area (Å²) in [6, 6.07) is 1.86. The normalized spacial score (nSPS) is 16.3. The highest BCUT2D eigenvalue weighted by atomic mass is 127. The van der Waals surface area contributed by atoms with Gasteiger partial charge in [-0.15, -0.1) is 0 Å². The molecule has 0 amide bonds. The zero-order chi connectivity index (χ0) is 12.5. The standard InChI is InChI=1S/C13H14IN3O/c14-10-11(8-3-1-2-4-8)16-13(17-12(10)15)9-5-6-18-7-9/h5-8H,1-4H2,(H2,15,16,17). The summed E-state index contributed by atoms with van der Waals surface area (Å²) in [6.07, 6.45) is 8.26. The van der Waals surface area contributed by atoms with Gasteiger partial charge in [0.05, 0.1) is 21.1 Å². The zero-order valence-corrected chi connectivity index (χ0v) is 12.1. The molecule has 0 radical (unpaired) electrons. The number of aromatic nitrogens is 2. The van der Waals surface area contributed by atoms with Gasteiger partial charge in [0.15, 0.2) is 5.82 Å².